The highest BCUT2D eigenvalue weighted by Gasteiger charge is 2.24. The Morgan fingerprint density at radius 3 is 2.92 bits per heavy atom. The van der Waals surface area contributed by atoms with Gasteiger partial charge in [-0.05, 0) is 25.2 Å². The summed E-state index contributed by atoms with van der Waals surface area (Å²) in [6.45, 7) is 2.04. The Morgan fingerprint density at radius 2 is 2.12 bits per heavy atom. The van der Waals surface area contributed by atoms with E-state index in [4.69, 9.17) is 4.74 Å². The Hall–Kier alpha value is -2.70. The van der Waals surface area contributed by atoms with Crippen LogP contribution in [0.3, 0.4) is 0 Å². The van der Waals surface area contributed by atoms with Crippen LogP contribution in [-0.2, 0) is 9.53 Å². The number of carbonyl (C=O) groups excluding carboxylic acids is 1. The van der Waals surface area contributed by atoms with Crippen LogP contribution >= 0.6 is 0 Å². The zero-order valence-corrected chi connectivity index (χ0v) is 14.0. The Labute approximate surface area is 145 Å². The molecule has 3 aromatic rings. The van der Waals surface area contributed by atoms with Gasteiger partial charge in [-0.1, -0.05) is 30.3 Å². The van der Waals surface area contributed by atoms with Crippen molar-refractivity contribution in [2.24, 2.45) is 0 Å². The number of aromatic amines is 1. The lowest BCUT2D eigenvalue weighted by Gasteiger charge is -2.29. The zero-order chi connectivity index (χ0) is 17.2. The number of anilines is 1. The minimum atomic E-state index is -0.434. The molecule has 0 bridgehead atoms. The number of H-pyrrole nitrogens is 1. The molecule has 0 radical (unpaired) electrons. The third-order valence-electron chi connectivity index (χ3n) is 4.36. The Bertz CT molecular complexity index is 891. The molecule has 25 heavy (non-hydrogen) atoms. The van der Waals surface area contributed by atoms with E-state index in [0.717, 1.165) is 34.7 Å². The SMILES string of the molecule is CN1CCOC(C(=O)Nc2ccc3nc(-c4ccccc4)[nH]c3c2)C1. The summed E-state index contributed by atoms with van der Waals surface area (Å²) in [6.07, 6.45) is -0.434. The fraction of sp³-hybridized carbons (Fsp3) is 0.263. The third kappa shape index (κ3) is 3.40. The van der Waals surface area contributed by atoms with Gasteiger partial charge in [0.05, 0.1) is 17.6 Å². The number of rotatable bonds is 3. The molecular formula is C19H20N4O2. The molecule has 1 aliphatic heterocycles. The van der Waals surface area contributed by atoms with E-state index in [1.165, 1.54) is 0 Å². The maximum atomic E-state index is 12.4. The van der Waals surface area contributed by atoms with E-state index in [2.05, 4.69) is 20.2 Å². The quantitative estimate of drug-likeness (QED) is 0.771. The van der Waals surface area contributed by atoms with E-state index < -0.39 is 6.10 Å². The minimum Gasteiger partial charge on any atom is -0.366 e. The van der Waals surface area contributed by atoms with E-state index in [9.17, 15) is 4.79 Å². The van der Waals surface area contributed by atoms with Crippen molar-refractivity contribution in [1.29, 1.82) is 0 Å². The fourth-order valence-corrected chi connectivity index (χ4v) is 2.98. The number of imidazole rings is 1. The fourth-order valence-electron chi connectivity index (χ4n) is 2.98. The molecule has 6 heteroatoms. The van der Waals surface area contributed by atoms with Gasteiger partial charge in [-0.25, -0.2) is 4.98 Å². The van der Waals surface area contributed by atoms with E-state index in [1.54, 1.807) is 0 Å². The first-order valence-electron chi connectivity index (χ1n) is 8.35. The van der Waals surface area contributed by atoms with Gasteiger partial charge < -0.3 is 19.9 Å². The normalized spacial score (nSPS) is 18.4. The number of hydrogen-bond donors (Lipinski definition) is 2. The lowest BCUT2D eigenvalue weighted by atomic mass is 10.2. The van der Waals surface area contributed by atoms with Crippen LogP contribution in [0.5, 0.6) is 0 Å². The number of nitrogens with one attached hydrogen (secondary N) is 2. The maximum Gasteiger partial charge on any atom is 0.254 e. The van der Waals surface area contributed by atoms with Gasteiger partial charge in [0, 0.05) is 24.3 Å². The van der Waals surface area contributed by atoms with Gasteiger partial charge in [0.1, 0.15) is 11.9 Å². The average molecular weight is 336 g/mol. The van der Waals surface area contributed by atoms with Gasteiger partial charge in [-0.2, -0.15) is 0 Å². The van der Waals surface area contributed by atoms with Crippen LogP contribution < -0.4 is 5.32 Å². The molecule has 1 fully saturated rings. The molecule has 2 N–H and O–H groups in total. The van der Waals surface area contributed by atoms with Gasteiger partial charge in [0.15, 0.2) is 0 Å². The van der Waals surface area contributed by atoms with Gasteiger partial charge >= 0.3 is 0 Å². The summed E-state index contributed by atoms with van der Waals surface area (Å²) in [6, 6.07) is 15.6. The van der Waals surface area contributed by atoms with Crippen LogP contribution in [-0.4, -0.2) is 53.6 Å². The van der Waals surface area contributed by atoms with Crippen molar-refractivity contribution in [2.75, 3.05) is 32.1 Å². The lowest BCUT2D eigenvalue weighted by Crippen LogP contribution is -2.46. The van der Waals surface area contributed by atoms with E-state index in [0.29, 0.717) is 13.2 Å². The topological polar surface area (TPSA) is 70.2 Å². The Kier molecular flexibility index (Phi) is 4.21. The molecule has 6 nitrogen and oxygen atoms in total. The Morgan fingerprint density at radius 1 is 1.28 bits per heavy atom. The number of aromatic nitrogens is 2. The maximum absolute atomic E-state index is 12.4. The summed E-state index contributed by atoms with van der Waals surface area (Å²) < 4.78 is 5.56. The van der Waals surface area contributed by atoms with Crippen LogP contribution in [0.15, 0.2) is 48.5 Å². The summed E-state index contributed by atoms with van der Waals surface area (Å²) in [5, 5.41) is 2.93. The van der Waals surface area contributed by atoms with Crippen molar-refractivity contribution in [1.82, 2.24) is 14.9 Å². The van der Waals surface area contributed by atoms with E-state index in [1.807, 2.05) is 55.6 Å². The predicted octanol–water partition coefficient (Wildman–Crippen LogP) is 2.50. The summed E-state index contributed by atoms with van der Waals surface area (Å²) in [5.41, 5.74) is 3.52. The molecule has 1 aromatic heterocycles. The summed E-state index contributed by atoms with van der Waals surface area (Å²) in [7, 11) is 1.99. The number of morpholine rings is 1. The average Bonchev–Trinajstić information content (AvgIpc) is 3.06. The standard InChI is InChI=1S/C19H20N4O2/c1-23-9-10-25-17(12-23)19(24)20-14-7-8-15-16(11-14)22-18(21-15)13-5-3-2-4-6-13/h2-8,11,17H,9-10,12H2,1H3,(H,20,24)(H,21,22). The number of nitrogens with zero attached hydrogens (tertiary/aromatic N) is 2. The van der Waals surface area contributed by atoms with Gasteiger partial charge in [0.25, 0.3) is 5.91 Å². The molecule has 1 amide bonds. The highest BCUT2D eigenvalue weighted by atomic mass is 16.5. The third-order valence-corrected chi connectivity index (χ3v) is 4.36. The second-order valence-electron chi connectivity index (χ2n) is 6.29. The van der Waals surface area contributed by atoms with Gasteiger partial charge in [0.2, 0.25) is 0 Å². The molecule has 1 atom stereocenters. The molecule has 2 heterocycles. The van der Waals surface area contributed by atoms with Crippen molar-refractivity contribution < 1.29 is 9.53 Å². The largest absolute Gasteiger partial charge is 0.366 e. The van der Waals surface area contributed by atoms with Crippen LogP contribution in [0.2, 0.25) is 0 Å². The van der Waals surface area contributed by atoms with Crippen LogP contribution in [0, 0.1) is 0 Å². The predicted molar refractivity (Wildman–Crippen MR) is 97.4 cm³/mol. The highest BCUT2D eigenvalue weighted by Crippen LogP contribution is 2.23. The Balaban J connectivity index is 1.54. The molecule has 4 rings (SSSR count). The number of ether oxygens (including phenoxy) is 1. The van der Waals surface area contributed by atoms with Gasteiger partial charge in [-0.15, -0.1) is 0 Å². The first-order chi connectivity index (χ1) is 12.2. The highest BCUT2D eigenvalue weighted by molar-refractivity contribution is 5.96. The molecule has 1 unspecified atom stereocenters. The minimum absolute atomic E-state index is 0.117. The van der Waals surface area contributed by atoms with E-state index >= 15 is 0 Å². The van der Waals surface area contributed by atoms with E-state index in [-0.39, 0.29) is 5.91 Å². The van der Waals surface area contributed by atoms with Crippen molar-refractivity contribution in [3.05, 3.63) is 48.5 Å². The summed E-state index contributed by atoms with van der Waals surface area (Å²) in [5.74, 6) is 0.699. The number of fused-ring (bicyclic) bond motifs is 1. The molecule has 2 aromatic carbocycles. The number of carbonyl (C=O) groups is 1. The van der Waals surface area contributed by atoms with Crippen LogP contribution in [0.4, 0.5) is 5.69 Å². The molecule has 1 saturated heterocycles. The monoisotopic (exact) mass is 336 g/mol. The number of amides is 1. The van der Waals surface area contributed by atoms with Crippen LogP contribution in [0.25, 0.3) is 22.4 Å². The molecule has 128 valence electrons. The van der Waals surface area contributed by atoms with Crippen LogP contribution in [0.1, 0.15) is 0 Å². The smallest absolute Gasteiger partial charge is 0.254 e. The zero-order valence-electron chi connectivity index (χ0n) is 14.0. The van der Waals surface area contributed by atoms with Crippen molar-refractivity contribution in [3.63, 3.8) is 0 Å². The lowest BCUT2D eigenvalue weighted by molar-refractivity contribution is -0.132. The van der Waals surface area contributed by atoms with Crippen molar-refractivity contribution in [2.45, 2.75) is 6.10 Å². The summed E-state index contributed by atoms with van der Waals surface area (Å²) >= 11 is 0. The summed E-state index contributed by atoms with van der Waals surface area (Å²) in [4.78, 5) is 22.4. The first kappa shape index (κ1) is 15.8. The molecule has 0 spiro atoms. The van der Waals surface area contributed by atoms with Crippen molar-refractivity contribution >= 4 is 22.6 Å². The number of benzene rings is 2. The molecular weight excluding hydrogens is 316 g/mol. The number of hydrogen-bond acceptors (Lipinski definition) is 4. The second-order valence-corrected chi connectivity index (χ2v) is 6.29. The van der Waals surface area contributed by atoms with Gasteiger partial charge in [-0.3, -0.25) is 4.79 Å². The first-order valence-corrected chi connectivity index (χ1v) is 8.35. The molecule has 0 aliphatic carbocycles. The molecule has 1 aliphatic rings. The van der Waals surface area contributed by atoms with Crippen molar-refractivity contribution in [3.8, 4) is 11.4 Å². The molecule has 0 saturated carbocycles. The second kappa shape index (κ2) is 6.66. The number of likely N-dealkylation sites (N-methyl/N-ethyl adjacent to an activating group) is 1.